The summed E-state index contributed by atoms with van der Waals surface area (Å²) in [5.74, 6) is 0.811. The molecule has 13 heteroatoms. The monoisotopic (exact) mass is 620 g/mol. The van der Waals surface area contributed by atoms with Gasteiger partial charge in [0.15, 0.2) is 5.78 Å². The van der Waals surface area contributed by atoms with Gasteiger partial charge in [0.2, 0.25) is 11.5 Å². The lowest BCUT2D eigenvalue weighted by Gasteiger charge is -2.24. The lowest BCUT2D eigenvalue weighted by Crippen LogP contribution is -2.40. The first-order chi connectivity index (χ1) is 21.5. The van der Waals surface area contributed by atoms with Gasteiger partial charge in [0.25, 0.3) is 5.82 Å². The Hall–Kier alpha value is -4.23. The van der Waals surface area contributed by atoms with E-state index in [0.717, 1.165) is 42.5 Å². The SMILES string of the molecule is COc1ncnc(C2CC2)c1-c1ncc2cc(C(C)=O)c(=O)n(Cc3ccc(C4NC(C(F)(F)F)CN4C4CC4)cc3)c2[n+]1C. The average molecular weight is 621 g/mol. The molecule has 234 valence electrons. The van der Waals surface area contributed by atoms with Crippen LogP contribution >= 0.6 is 0 Å². The summed E-state index contributed by atoms with van der Waals surface area (Å²) in [4.78, 5) is 41.8. The predicted molar refractivity (Wildman–Crippen MR) is 158 cm³/mol. The van der Waals surface area contributed by atoms with Crippen LogP contribution in [-0.2, 0) is 13.6 Å². The Balaban J connectivity index is 1.29. The molecule has 0 bridgehead atoms. The number of hydrogen-bond donors (Lipinski definition) is 1. The van der Waals surface area contributed by atoms with E-state index in [9.17, 15) is 22.8 Å². The molecule has 2 aliphatic carbocycles. The number of carbonyl (C=O) groups excluding carboxylic acids is 1. The lowest BCUT2D eigenvalue weighted by atomic mass is 10.1. The molecule has 0 radical (unpaired) electrons. The molecule has 45 heavy (non-hydrogen) atoms. The number of aromatic nitrogens is 5. The number of ether oxygens (including phenoxy) is 1. The van der Waals surface area contributed by atoms with E-state index in [2.05, 4.69) is 15.3 Å². The molecule has 2 atom stereocenters. The van der Waals surface area contributed by atoms with Crippen molar-refractivity contribution in [2.75, 3.05) is 13.7 Å². The van der Waals surface area contributed by atoms with Crippen molar-refractivity contribution in [3.8, 4) is 17.3 Å². The molecule has 4 heterocycles. The Labute approximate surface area is 256 Å². The summed E-state index contributed by atoms with van der Waals surface area (Å²) in [6, 6.07) is 7.39. The highest BCUT2D eigenvalue weighted by Crippen LogP contribution is 2.44. The van der Waals surface area contributed by atoms with Gasteiger partial charge < -0.3 is 4.74 Å². The standard InChI is InChI=1S/C32H33F3N7O3/c1-17(43)23-12-21-13-36-28(25-26(19-8-9-19)37-16-38-29(25)45-3)40(2)30(21)42(31(23)44)14-18-4-6-20(7-5-18)27-39-24(32(33,34)35)15-41(27)22-10-11-22/h4-7,12-13,16,19,22,24,27,39H,8-11,14-15H2,1-3H3/q+1. The molecular weight excluding hydrogens is 587 g/mol. The summed E-state index contributed by atoms with van der Waals surface area (Å²) in [6.45, 7) is 1.40. The fraction of sp³-hybridized carbons (Fsp3) is 0.438. The Morgan fingerprint density at radius 2 is 1.84 bits per heavy atom. The normalized spacial score (nSPS) is 20.6. The summed E-state index contributed by atoms with van der Waals surface area (Å²) >= 11 is 0. The molecule has 1 aromatic carbocycles. The maximum Gasteiger partial charge on any atom is 0.405 e. The van der Waals surface area contributed by atoms with E-state index < -0.39 is 23.9 Å². The number of fused-ring (bicyclic) bond motifs is 1. The van der Waals surface area contributed by atoms with Crippen LogP contribution in [-0.4, -0.2) is 62.1 Å². The molecule has 0 spiro atoms. The van der Waals surface area contributed by atoms with Crippen molar-refractivity contribution in [2.24, 2.45) is 7.05 Å². The minimum absolute atomic E-state index is 0.0430. The van der Waals surface area contributed by atoms with Gasteiger partial charge in [-0.25, -0.2) is 19.1 Å². The zero-order valence-electron chi connectivity index (χ0n) is 25.1. The Kier molecular flexibility index (Phi) is 7.20. The number of hydrogen-bond acceptors (Lipinski definition) is 8. The fourth-order valence-electron chi connectivity index (χ4n) is 6.41. The van der Waals surface area contributed by atoms with Crippen LogP contribution in [0.15, 0.2) is 47.7 Å². The number of rotatable bonds is 8. The largest absolute Gasteiger partial charge is 0.480 e. The molecule has 1 N–H and O–H groups in total. The van der Waals surface area contributed by atoms with Crippen molar-refractivity contribution in [1.82, 2.24) is 29.7 Å². The Bertz CT molecular complexity index is 1870. The number of nitrogens with zero attached hydrogens (tertiary/aromatic N) is 6. The van der Waals surface area contributed by atoms with Crippen molar-refractivity contribution in [3.05, 3.63) is 75.6 Å². The third kappa shape index (κ3) is 5.37. The summed E-state index contributed by atoms with van der Waals surface area (Å²) in [5.41, 5.74) is 3.11. The highest BCUT2D eigenvalue weighted by molar-refractivity contribution is 5.96. The molecular formula is C32H33F3N7O3+. The summed E-state index contributed by atoms with van der Waals surface area (Å²) in [5, 5.41) is 3.37. The van der Waals surface area contributed by atoms with Crippen LogP contribution in [0.1, 0.15) is 71.9 Å². The highest BCUT2D eigenvalue weighted by Gasteiger charge is 2.50. The van der Waals surface area contributed by atoms with Crippen molar-refractivity contribution < 1.29 is 27.3 Å². The number of halogens is 3. The van der Waals surface area contributed by atoms with Crippen LogP contribution in [0.3, 0.4) is 0 Å². The molecule has 10 nitrogen and oxygen atoms in total. The van der Waals surface area contributed by atoms with Gasteiger partial charge >= 0.3 is 11.7 Å². The van der Waals surface area contributed by atoms with Crippen molar-refractivity contribution in [3.63, 3.8) is 0 Å². The fourth-order valence-corrected chi connectivity index (χ4v) is 6.41. The molecule has 3 aliphatic rings. The number of carbonyl (C=O) groups is 1. The molecule has 2 unspecified atom stereocenters. The maximum absolute atomic E-state index is 13.8. The number of nitrogens with one attached hydrogen (secondary N) is 1. The second kappa shape index (κ2) is 11.0. The van der Waals surface area contributed by atoms with Crippen LogP contribution in [0, 0.1) is 0 Å². The van der Waals surface area contributed by atoms with Crippen molar-refractivity contribution >= 4 is 16.8 Å². The second-order valence-electron chi connectivity index (χ2n) is 12.2. The van der Waals surface area contributed by atoms with E-state index in [4.69, 9.17) is 9.72 Å². The van der Waals surface area contributed by atoms with Crippen molar-refractivity contribution in [1.29, 1.82) is 0 Å². The van der Waals surface area contributed by atoms with Crippen LogP contribution < -0.4 is 20.2 Å². The average Bonchev–Trinajstić information content (AvgIpc) is 3.96. The third-order valence-corrected chi connectivity index (χ3v) is 8.98. The van der Waals surface area contributed by atoms with Gasteiger partial charge in [0.05, 0.1) is 43.5 Å². The van der Waals surface area contributed by atoms with Crippen LogP contribution in [0.25, 0.3) is 22.4 Å². The topological polar surface area (TPSA) is 106 Å². The molecule has 1 saturated heterocycles. The third-order valence-electron chi connectivity index (χ3n) is 8.98. The van der Waals surface area contributed by atoms with Crippen molar-refractivity contribution in [2.45, 2.75) is 69.5 Å². The number of aryl methyl sites for hydroxylation is 1. The van der Waals surface area contributed by atoms with Crippen LogP contribution in [0.5, 0.6) is 5.88 Å². The summed E-state index contributed by atoms with van der Waals surface area (Å²) < 4.78 is 49.7. The molecule has 1 aliphatic heterocycles. The van der Waals surface area contributed by atoms with E-state index in [1.807, 2.05) is 29.2 Å². The molecule has 7 rings (SSSR count). The lowest BCUT2D eigenvalue weighted by molar-refractivity contribution is -0.639. The number of ketones is 1. The number of pyridine rings is 1. The maximum atomic E-state index is 13.8. The Morgan fingerprint density at radius 1 is 1.11 bits per heavy atom. The van der Waals surface area contributed by atoms with Gasteiger partial charge in [-0.05, 0) is 49.8 Å². The molecule has 3 fully saturated rings. The van der Waals surface area contributed by atoms with Gasteiger partial charge in [0, 0.05) is 18.5 Å². The first-order valence-corrected chi connectivity index (χ1v) is 15.0. The summed E-state index contributed by atoms with van der Waals surface area (Å²) in [7, 11) is 3.34. The highest BCUT2D eigenvalue weighted by atomic mass is 19.4. The van der Waals surface area contributed by atoms with Crippen LogP contribution in [0.4, 0.5) is 13.2 Å². The van der Waals surface area contributed by atoms with E-state index >= 15 is 0 Å². The predicted octanol–water partition coefficient (Wildman–Crippen LogP) is 3.81. The van der Waals surface area contributed by atoms with Gasteiger partial charge in [0.1, 0.15) is 24.1 Å². The first kappa shape index (κ1) is 29.5. The van der Waals surface area contributed by atoms with E-state index in [1.165, 1.54) is 20.4 Å². The quantitative estimate of drug-likeness (QED) is 0.234. The first-order valence-electron chi connectivity index (χ1n) is 15.0. The van der Waals surface area contributed by atoms with Gasteiger partial charge in [-0.2, -0.15) is 13.2 Å². The second-order valence-corrected chi connectivity index (χ2v) is 12.2. The molecule has 0 amide bonds. The van der Waals surface area contributed by atoms with E-state index in [0.29, 0.717) is 28.3 Å². The Morgan fingerprint density at radius 3 is 2.47 bits per heavy atom. The number of alkyl halides is 3. The smallest absolute Gasteiger partial charge is 0.405 e. The zero-order chi connectivity index (χ0) is 31.6. The number of Topliss-reactive ketones (excluding diaryl/α,β-unsaturated/α-hetero) is 1. The van der Waals surface area contributed by atoms with E-state index in [-0.39, 0.29) is 36.4 Å². The zero-order valence-corrected chi connectivity index (χ0v) is 25.1. The van der Waals surface area contributed by atoms with Crippen LogP contribution in [0.2, 0.25) is 0 Å². The number of benzene rings is 1. The minimum atomic E-state index is -4.33. The number of methoxy groups -OCH3 is 1. The minimum Gasteiger partial charge on any atom is -0.480 e. The molecule has 4 aromatic rings. The summed E-state index contributed by atoms with van der Waals surface area (Å²) in [6.07, 6.45) is 2.01. The van der Waals surface area contributed by atoms with Gasteiger partial charge in [-0.3, -0.25) is 19.8 Å². The molecule has 3 aromatic heterocycles. The van der Waals surface area contributed by atoms with Gasteiger partial charge in [-0.15, -0.1) is 4.98 Å². The van der Waals surface area contributed by atoms with E-state index in [1.54, 1.807) is 28.4 Å². The van der Waals surface area contributed by atoms with Gasteiger partial charge in [-0.1, -0.05) is 24.3 Å². The molecule has 2 saturated carbocycles.